The van der Waals surface area contributed by atoms with Crippen molar-refractivity contribution in [2.45, 2.75) is 73.9 Å². The standard InChI is InChI=1S/C14H26N2S3/c1-3-5-7-9-11-17-13-15-16-14(19-13)18-12-10-8-6-4-2/h3-12H2,1-2H3. The van der Waals surface area contributed by atoms with Crippen LogP contribution in [0.2, 0.25) is 0 Å². The lowest BCUT2D eigenvalue weighted by Gasteiger charge is -1.97. The molecule has 0 saturated carbocycles. The highest BCUT2D eigenvalue weighted by Gasteiger charge is 2.05. The van der Waals surface area contributed by atoms with Crippen molar-refractivity contribution in [3.05, 3.63) is 0 Å². The fraction of sp³-hybridized carbons (Fsp3) is 0.857. The highest BCUT2D eigenvalue weighted by Crippen LogP contribution is 2.29. The van der Waals surface area contributed by atoms with E-state index in [0.29, 0.717) is 0 Å². The molecular weight excluding hydrogens is 292 g/mol. The molecule has 0 aliphatic heterocycles. The summed E-state index contributed by atoms with van der Waals surface area (Å²) in [5, 5.41) is 8.52. The molecule has 2 nitrogen and oxygen atoms in total. The summed E-state index contributed by atoms with van der Waals surface area (Å²) in [6, 6.07) is 0. The van der Waals surface area contributed by atoms with E-state index >= 15 is 0 Å². The first-order chi connectivity index (χ1) is 9.36. The Labute approximate surface area is 130 Å². The van der Waals surface area contributed by atoms with Crippen LogP contribution in [0.25, 0.3) is 0 Å². The van der Waals surface area contributed by atoms with Gasteiger partial charge in [0.1, 0.15) is 0 Å². The molecule has 0 N–H and O–H groups in total. The molecule has 1 heterocycles. The topological polar surface area (TPSA) is 25.8 Å². The van der Waals surface area contributed by atoms with Gasteiger partial charge in [0.15, 0.2) is 8.68 Å². The molecule has 0 unspecified atom stereocenters. The molecule has 0 fully saturated rings. The summed E-state index contributed by atoms with van der Waals surface area (Å²) in [5.74, 6) is 2.38. The molecule has 110 valence electrons. The van der Waals surface area contributed by atoms with Crippen LogP contribution in [0.4, 0.5) is 0 Å². The van der Waals surface area contributed by atoms with E-state index in [4.69, 9.17) is 0 Å². The molecule has 0 radical (unpaired) electrons. The van der Waals surface area contributed by atoms with Gasteiger partial charge in [-0.1, -0.05) is 87.2 Å². The predicted molar refractivity (Wildman–Crippen MR) is 89.6 cm³/mol. The van der Waals surface area contributed by atoms with Gasteiger partial charge in [0, 0.05) is 11.5 Å². The Morgan fingerprint density at radius 1 is 0.737 bits per heavy atom. The summed E-state index contributed by atoms with van der Waals surface area (Å²) in [7, 11) is 0. The van der Waals surface area contributed by atoms with Gasteiger partial charge in [-0.2, -0.15) is 0 Å². The first kappa shape index (κ1) is 17.3. The number of hydrogen-bond acceptors (Lipinski definition) is 5. The van der Waals surface area contributed by atoms with Crippen molar-refractivity contribution >= 4 is 34.9 Å². The maximum Gasteiger partial charge on any atom is 0.175 e. The van der Waals surface area contributed by atoms with Crippen LogP contribution in [-0.2, 0) is 0 Å². The van der Waals surface area contributed by atoms with Crippen molar-refractivity contribution in [3.8, 4) is 0 Å². The highest BCUT2D eigenvalue weighted by atomic mass is 32.2. The van der Waals surface area contributed by atoms with Crippen LogP contribution in [0.5, 0.6) is 0 Å². The SMILES string of the molecule is CCCCCCSc1nnc(SCCCCCC)s1. The molecule has 1 rings (SSSR count). The average molecular weight is 319 g/mol. The van der Waals surface area contributed by atoms with Crippen molar-refractivity contribution in [2.75, 3.05) is 11.5 Å². The monoisotopic (exact) mass is 318 g/mol. The van der Waals surface area contributed by atoms with Gasteiger partial charge in [-0.3, -0.25) is 0 Å². The van der Waals surface area contributed by atoms with Crippen LogP contribution in [0.1, 0.15) is 65.2 Å². The Morgan fingerprint density at radius 2 is 1.21 bits per heavy atom. The normalized spacial score (nSPS) is 11.1. The minimum atomic E-state index is 1.15. The van der Waals surface area contributed by atoms with E-state index in [1.807, 2.05) is 23.5 Å². The number of unbranched alkanes of at least 4 members (excludes halogenated alkanes) is 6. The Kier molecular flexibility index (Phi) is 11.0. The lowest BCUT2D eigenvalue weighted by atomic mass is 10.2. The lowest BCUT2D eigenvalue weighted by molar-refractivity contribution is 0.706. The molecule has 0 saturated heterocycles. The minimum Gasteiger partial charge on any atom is -0.131 e. The summed E-state index contributed by atoms with van der Waals surface area (Å²) in [5.41, 5.74) is 0. The largest absolute Gasteiger partial charge is 0.175 e. The average Bonchev–Trinajstić information content (AvgIpc) is 2.86. The molecule has 0 amide bonds. The van der Waals surface area contributed by atoms with E-state index in [9.17, 15) is 0 Å². The molecule has 0 aliphatic rings. The third kappa shape index (κ3) is 8.92. The third-order valence-electron chi connectivity index (χ3n) is 2.83. The summed E-state index contributed by atoms with van der Waals surface area (Å²) in [6.45, 7) is 4.50. The number of thioether (sulfide) groups is 2. The first-order valence-electron chi connectivity index (χ1n) is 7.46. The van der Waals surface area contributed by atoms with Crippen LogP contribution in [0.15, 0.2) is 8.68 Å². The Bertz CT molecular complexity index is 287. The van der Waals surface area contributed by atoms with E-state index in [0.717, 1.165) is 8.68 Å². The van der Waals surface area contributed by atoms with Crippen molar-refractivity contribution in [1.82, 2.24) is 10.2 Å². The van der Waals surface area contributed by atoms with Crippen LogP contribution >= 0.6 is 34.9 Å². The summed E-state index contributed by atoms with van der Waals surface area (Å²) >= 11 is 5.51. The lowest BCUT2D eigenvalue weighted by Crippen LogP contribution is -1.81. The number of hydrogen-bond donors (Lipinski definition) is 0. The molecule has 1 aromatic heterocycles. The number of rotatable bonds is 12. The second-order valence-corrected chi connectivity index (χ2v) is 8.31. The zero-order chi connectivity index (χ0) is 13.8. The van der Waals surface area contributed by atoms with Crippen LogP contribution in [-0.4, -0.2) is 21.7 Å². The van der Waals surface area contributed by atoms with E-state index < -0.39 is 0 Å². The van der Waals surface area contributed by atoms with Gasteiger partial charge in [0.2, 0.25) is 0 Å². The van der Waals surface area contributed by atoms with Crippen molar-refractivity contribution < 1.29 is 0 Å². The molecule has 0 spiro atoms. The van der Waals surface area contributed by atoms with Gasteiger partial charge >= 0.3 is 0 Å². The minimum absolute atomic E-state index is 1.15. The van der Waals surface area contributed by atoms with Crippen molar-refractivity contribution in [1.29, 1.82) is 0 Å². The second-order valence-electron chi connectivity index (χ2n) is 4.65. The smallest absolute Gasteiger partial charge is 0.131 e. The maximum absolute atomic E-state index is 4.26. The van der Waals surface area contributed by atoms with Gasteiger partial charge in [0.25, 0.3) is 0 Å². The van der Waals surface area contributed by atoms with Crippen LogP contribution < -0.4 is 0 Å². The fourth-order valence-corrected chi connectivity index (χ4v) is 4.85. The van der Waals surface area contributed by atoms with Crippen molar-refractivity contribution in [2.24, 2.45) is 0 Å². The predicted octanol–water partition coefficient (Wildman–Crippen LogP) is 5.88. The second kappa shape index (κ2) is 12.0. The highest BCUT2D eigenvalue weighted by molar-refractivity contribution is 8.03. The summed E-state index contributed by atoms with van der Waals surface area (Å²) in [6.07, 6.45) is 10.6. The molecular formula is C14H26N2S3. The number of aromatic nitrogens is 2. The maximum atomic E-state index is 4.26. The Hall–Kier alpha value is 0.260. The zero-order valence-corrected chi connectivity index (χ0v) is 14.6. The molecule has 19 heavy (non-hydrogen) atoms. The van der Waals surface area contributed by atoms with Crippen molar-refractivity contribution in [3.63, 3.8) is 0 Å². The van der Waals surface area contributed by atoms with E-state index in [1.165, 1.54) is 62.9 Å². The third-order valence-corrected chi connectivity index (χ3v) is 6.20. The molecule has 1 aromatic rings. The molecule has 5 heteroatoms. The van der Waals surface area contributed by atoms with Gasteiger partial charge in [-0.15, -0.1) is 10.2 Å². The van der Waals surface area contributed by atoms with Crippen LogP contribution in [0.3, 0.4) is 0 Å². The van der Waals surface area contributed by atoms with Gasteiger partial charge in [-0.05, 0) is 12.8 Å². The first-order valence-corrected chi connectivity index (χ1v) is 10.2. The number of nitrogens with zero attached hydrogens (tertiary/aromatic N) is 2. The Balaban J connectivity index is 2.07. The molecule has 0 bridgehead atoms. The molecule has 0 aromatic carbocycles. The summed E-state index contributed by atoms with van der Waals surface area (Å²) < 4.78 is 2.29. The van der Waals surface area contributed by atoms with E-state index in [-0.39, 0.29) is 0 Å². The molecule has 0 aliphatic carbocycles. The quantitative estimate of drug-likeness (QED) is 0.355. The Morgan fingerprint density at radius 3 is 1.63 bits per heavy atom. The van der Waals surface area contributed by atoms with Gasteiger partial charge in [0.05, 0.1) is 0 Å². The fourth-order valence-electron chi connectivity index (χ4n) is 1.69. The summed E-state index contributed by atoms with van der Waals surface area (Å²) in [4.78, 5) is 0. The van der Waals surface area contributed by atoms with Gasteiger partial charge < -0.3 is 0 Å². The van der Waals surface area contributed by atoms with E-state index in [1.54, 1.807) is 11.3 Å². The zero-order valence-electron chi connectivity index (χ0n) is 12.2. The van der Waals surface area contributed by atoms with Crippen LogP contribution in [0, 0.1) is 0 Å². The van der Waals surface area contributed by atoms with E-state index in [2.05, 4.69) is 24.0 Å². The molecule has 0 atom stereocenters. The van der Waals surface area contributed by atoms with Gasteiger partial charge in [-0.25, -0.2) is 0 Å².